The maximum absolute atomic E-state index is 11.9. The minimum absolute atomic E-state index is 0.0637. The van der Waals surface area contributed by atoms with Crippen LogP contribution in [-0.2, 0) is 9.32 Å². The summed E-state index contributed by atoms with van der Waals surface area (Å²) in [6.07, 6.45) is -1.70. The van der Waals surface area contributed by atoms with Gasteiger partial charge < -0.3 is 9.84 Å². The molecule has 0 aliphatic carbocycles. The van der Waals surface area contributed by atoms with Crippen molar-refractivity contribution in [2.24, 2.45) is 0 Å². The van der Waals surface area contributed by atoms with E-state index in [2.05, 4.69) is 39.0 Å². The van der Waals surface area contributed by atoms with Gasteiger partial charge >= 0.3 is 12.1 Å². The second-order valence-corrected chi connectivity index (χ2v) is 7.68. The summed E-state index contributed by atoms with van der Waals surface area (Å²) in [6.45, 7) is 11.4. The molecule has 0 aromatic carbocycles. The second-order valence-electron chi connectivity index (χ2n) is 6.03. The molecule has 0 saturated carbocycles. The van der Waals surface area contributed by atoms with Gasteiger partial charge in [0.15, 0.2) is 0 Å². The van der Waals surface area contributed by atoms with Crippen LogP contribution in [0.3, 0.4) is 0 Å². The van der Waals surface area contributed by atoms with Gasteiger partial charge in [-0.15, -0.1) is 0 Å². The number of nitrogens with zero attached hydrogens (tertiary/aromatic N) is 1. The lowest BCUT2D eigenvalue weighted by Crippen LogP contribution is -2.37. The Hall–Kier alpha value is -0.390. The molecule has 1 unspecified atom stereocenters. The number of alkyl halides is 3. The molecule has 0 aromatic rings. The van der Waals surface area contributed by atoms with Crippen molar-refractivity contribution in [2.45, 2.75) is 71.6 Å². The van der Waals surface area contributed by atoms with E-state index in [0.717, 1.165) is 19.3 Å². The van der Waals surface area contributed by atoms with Crippen LogP contribution in [0.25, 0.3) is 0 Å². The summed E-state index contributed by atoms with van der Waals surface area (Å²) in [7, 11) is -0.621. The SMILES string of the molecule is CC(C)N(C(C)C)P(C)OCCCCCCNC(=O)C(F)(F)F. The Labute approximate surface area is 139 Å². The average Bonchev–Trinajstić information content (AvgIpc) is 2.39. The third-order valence-electron chi connectivity index (χ3n) is 3.28. The maximum atomic E-state index is 11.9. The average molecular weight is 358 g/mol. The first-order chi connectivity index (χ1) is 10.6. The molecule has 23 heavy (non-hydrogen) atoms. The highest BCUT2D eigenvalue weighted by atomic mass is 31.2. The third kappa shape index (κ3) is 10.2. The number of nitrogens with one attached hydrogen (secondary N) is 1. The van der Waals surface area contributed by atoms with Gasteiger partial charge in [0, 0.05) is 18.6 Å². The van der Waals surface area contributed by atoms with E-state index >= 15 is 0 Å². The molecule has 0 aromatic heterocycles. The highest BCUT2D eigenvalue weighted by Crippen LogP contribution is 2.40. The van der Waals surface area contributed by atoms with Gasteiger partial charge in [-0.05, 0) is 47.2 Å². The fourth-order valence-electron chi connectivity index (χ4n) is 2.39. The fraction of sp³-hybridized carbons (Fsp3) is 0.933. The third-order valence-corrected chi connectivity index (χ3v) is 5.41. The predicted octanol–water partition coefficient (Wildman–Crippen LogP) is 4.30. The van der Waals surface area contributed by atoms with E-state index < -0.39 is 20.4 Å². The molecule has 1 N–H and O–H groups in total. The monoisotopic (exact) mass is 358 g/mol. The Morgan fingerprint density at radius 1 is 1.09 bits per heavy atom. The van der Waals surface area contributed by atoms with Crippen molar-refractivity contribution in [3.63, 3.8) is 0 Å². The van der Waals surface area contributed by atoms with Crippen molar-refractivity contribution in [1.82, 2.24) is 9.99 Å². The Balaban J connectivity index is 3.68. The summed E-state index contributed by atoms with van der Waals surface area (Å²) in [5.41, 5.74) is 0. The van der Waals surface area contributed by atoms with Crippen molar-refractivity contribution in [2.75, 3.05) is 19.8 Å². The van der Waals surface area contributed by atoms with E-state index in [1.54, 1.807) is 0 Å². The topological polar surface area (TPSA) is 41.6 Å². The highest BCUT2D eigenvalue weighted by molar-refractivity contribution is 7.49. The van der Waals surface area contributed by atoms with Gasteiger partial charge in [0.05, 0.1) is 6.61 Å². The van der Waals surface area contributed by atoms with Gasteiger partial charge in [0.25, 0.3) is 0 Å². The zero-order valence-electron chi connectivity index (χ0n) is 14.7. The quantitative estimate of drug-likeness (QED) is 0.442. The number of unbranched alkanes of at least 4 members (excludes halogenated alkanes) is 3. The highest BCUT2D eigenvalue weighted by Gasteiger charge is 2.38. The maximum Gasteiger partial charge on any atom is 0.471 e. The molecule has 138 valence electrons. The summed E-state index contributed by atoms with van der Waals surface area (Å²) in [5.74, 6) is -1.86. The predicted molar refractivity (Wildman–Crippen MR) is 88.4 cm³/mol. The first kappa shape index (κ1) is 22.6. The molecule has 0 spiro atoms. The molecule has 0 bridgehead atoms. The number of hydrogen-bond acceptors (Lipinski definition) is 3. The van der Waals surface area contributed by atoms with Crippen LogP contribution in [0, 0.1) is 0 Å². The first-order valence-electron chi connectivity index (χ1n) is 8.07. The number of amides is 1. The molecule has 0 aliphatic rings. The van der Waals surface area contributed by atoms with Crippen LogP contribution in [0.1, 0.15) is 53.4 Å². The number of halogens is 3. The lowest BCUT2D eigenvalue weighted by molar-refractivity contribution is -0.173. The summed E-state index contributed by atoms with van der Waals surface area (Å²) < 4.78 is 44.1. The standard InChI is InChI=1S/C15H30F3N2O2P/c1-12(2)20(13(3)4)23(5)22-11-9-7-6-8-10-19-14(21)15(16,17)18/h12-13H,6-11H2,1-5H3,(H,19,21). The van der Waals surface area contributed by atoms with Crippen LogP contribution < -0.4 is 5.32 Å². The molecule has 1 amide bonds. The number of carbonyl (C=O) groups is 1. The summed E-state index contributed by atoms with van der Waals surface area (Å²) >= 11 is 0. The minimum atomic E-state index is -4.79. The molecule has 0 fully saturated rings. The lowest BCUT2D eigenvalue weighted by Gasteiger charge is -2.35. The zero-order valence-corrected chi connectivity index (χ0v) is 15.6. The van der Waals surface area contributed by atoms with Crippen LogP contribution in [0.5, 0.6) is 0 Å². The van der Waals surface area contributed by atoms with Crippen LogP contribution in [0.15, 0.2) is 0 Å². The van der Waals surface area contributed by atoms with Crippen molar-refractivity contribution >= 4 is 14.2 Å². The van der Waals surface area contributed by atoms with Crippen LogP contribution in [0.2, 0.25) is 0 Å². The molecular formula is C15H30F3N2O2P. The Morgan fingerprint density at radius 2 is 1.61 bits per heavy atom. The lowest BCUT2D eigenvalue weighted by atomic mass is 10.2. The zero-order chi connectivity index (χ0) is 18.0. The van der Waals surface area contributed by atoms with Gasteiger partial charge in [-0.25, -0.2) is 0 Å². The summed E-state index contributed by atoms with van der Waals surface area (Å²) in [6, 6.07) is 0.867. The molecule has 0 heterocycles. The van der Waals surface area contributed by atoms with E-state index in [1.807, 2.05) is 5.32 Å². The van der Waals surface area contributed by atoms with E-state index in [1.165, 1.54) is 0 Å². The van der Waals surface area contributed by atoms with Crippen molar-refractivity contribution < 1.29 is 22.5 Å². The molecule has 0 rings (SSSR count). The van der Waals surface area contributed by atoms with Gasteiger partial charge in [0.2, 0.25) is 0 Å². The summed E-state index contributed by atoms with van der Waals surface area (Å²) in [5, 5.41) is 1.87. The first-order valence-corrected chi connectivity index (χ1v) is 9.73. The minimum Gasteiger partial charge on any atom is -0.348 e. The van der Waals surface area contributed by atoms with Crippen LogP contribution >= 0.6 is 8.30 Å². The molecule has 1 atom stereocenters. The van der Waals surface area contributed by atoms with Gasteiger partial charge in [-0.2, -0.15) is 13.2 Å². The molecule has 0 saturated heterocycles. The molecule has 8 heteroatoms. The molecular weight excluding hydrogens is 328 g/mol. The second kappa shape index (κ2) is 11.2. The van der Waals surface area contributed by atoms with Crippen molar-refractivity contribution in [3.8, 4) is 0 Å². The number of carbonyl (C=O) groups excluding carboxylic acids is 1. The van der Waals surface area contributed by atoms with Crippen molar-refractivity contribution in [1.29, 1.82) is 0 Å². The van der Waals surface area contributed by atoms with Crippen LogP contribution in [-0.4, -0.2) is 48.7 Å². The van der Waals surface area contributed by atoms with E-state index in [0.29, 0.717) is 25.1 Å². The normalized spacial score (nSPS) is 13.9. The Morgan fingerprint density at radius 3 is 2.09 bits per heavy atom. The van der Waals surface area contributed by atoms with Gasteiger partial charge in [0.1, 0.15) is 8.30 Å². The van der Waals surface area contributed by atoms with Crippen LogP contribution in [0.4, 0.5) is 13.2 Å². The van der Waals surface area contributed by atoms with E-state index in [4.69, 9.17) is 4.52 Å². The van der Waals surface area contributed by atoms with Gasteiger partial charge in [-0.1, -0.05) is 12.8 Å². The number of hydrogen-bond donors (Lipinski definition) is 1. The van der Waals surface area contributed by atoms with Crippen molar-refractivity contribution in [3.05, 3.63) is 0 Å². The molecule has 0 radical (unpaired) electrons. The smallest absolute Gasteiger partial charge is 0.348 e. The fourth-order valence-corrected chi connectivity index (χ4v) is 4.22. The Bertz CT molecular complexity index is 331. The largest absolute Gasteiger partial charge is 0.471 e. The summed E-state index contributed by atoms with van der Waals surface area (Å²) in [4.78, 5) is 10.6. The molecule has 0 aliphatic heterocycles. The Kier molecular flexibility index (Phi) is 11.0. The van der Waals surface area contributed by atoms with E-state index in [9.17, 15) is 18.0 Å². The number of rotatable bonds is 11. The molecule has 4 nitrogen and oxygen atoms in total. The van der Waals surface area contributed by atoms with E-state index in [-0.39, 0.29) is 6.54 Å². The van der Waals surface area contributed by atoms with Gasteiger partial charge in [-0.3, -0.25) is 9.46 Å².